The maximum absolute atomic E-state index is 10.0. The normalized spacial score (nSPS) is 25.0. The molecule has 1 heterocycles. The van der Waals surface area contributed by atoms with Gasteiger partial charge in [-0.25, -0.2) is 0 Å². The van der Waals surface area contributed by atoms with Crippen LogP contribution in [-0.4, -0.2) is 57.6 Å². The molecule has 4 nitrogen and oxygen atoms in total. The molecule has 1 fully saturated rings. The number of likely N-dealkylation sites (N-methyl/N-ethyl adjacent to an activating group) is 1. The molecule has 0 aromatic heterocycles. The second kappa shape index (κ2) is 7.10. The molecule has 1 aromatic rings. The maximum Gasteiger partial charge on any atom is 0.137 e. The van der Waals surface area contributed by atoms with E-state index in [0.29, 0.717) is 11.6 Å². The van der Waals surface area contributed by atoms with E-state index in [1.54, 1.807) is 17.0 Å². The van der Waals surface area contributed by atoms with E-state index in [9.17, 15) is 5.11 Å². The minimum atomic E-state index is -0.413. The largest absolute Gasteiger partial charge is 0.491 e. The summed E-state index contributed by atoms with van der Waals surface area (Å²) >= 11 is 5.80. The summed E-state index contributed by atoms with van der Waals surface area (Å²) in [5.41, 5.74) is 0. The zero-order valence-corrected chi connectivity index (χ0v) is 12.1. The van der Waals surface area contributed by atoms with Crippen molar-refractivity contribution < 1.29 is 19.6 Å². The van der Waals surface area contributed by atoms with Gasteiger partial charge < -0.3 is 19.6 Å². The van der Waals surface area contributed by atoms with Crippen LogP contribution < -0.4 is 14.5 Å². The van der Waals surface area contributed by atoms with Crippen molar-refractivity contribution in [2.75, 3.05) is 46.4 Å². The van der Waals surface area contributed by atoms with Crippen molar-refractivity contribution in [2.45, 2.75) is 6.10 Å². The number of hydrogen-bond donors (Lipinski definition) is 3. The Morgan fingerprint density at radius 2 is 1.84 bits per heavy atom. The molecule has 1 aliphatic rings. The van der Waals surface area contributed by atoms with Crippen LogP contribution in [0.2, 0.25) is 5.02 Å². The SMILES string of the molecule is C[NH+]1CC[NH+](C[C@H](O)COc2ccc(Cl)cc2)CC1. The molecule has 0 spiro atoms. The van der Waals surface area contributed by atoms with Crippen molar-refractivity contribution >= 4 is 11.6 Å². The van der Waals surface area contributed by atoms with E-state index in [4.69, 9.17) is 16.3 Å². The Kier molecular flexibility index (Phi) is 5.45. The number of aliphatic hydroxyl groups excluding tert-OH is 1. The summed E-state index contributed by atoms with van der Waals surface area (Å²) in [6, 6.07) is 7.22. The van der Waals surface area contributed by atoms with Crippen LogP contribution in [0.1, 0.15) is 0 Å². The van der Waals surface area contributed by atoms with Crippen LogP contribution in [0.25, 0.3) is 0 Å². The quantitative estimate of drug-likeness (QED) is 0.616. The summed E-state index contributed by atoms with van der Waals surface area (Å²) in [7, 11) is 2.22. The topological polar surface area (TPSA) is 38.3 Å². The predicted molar refractivity (Wildman–Crippen MR) is 75.1 cm³/mol. The zero-order valence-electron chi connectivity index (χ0n) is 11.4. The number of aliphatic hydroxyl groups is 1. The fraction of sp³-hybridized carbons (Fsp3) is 0.571. The molecule has 0 unspecified atom stereocenters. The van der Waals surface area contributed by atoms with Crippen LogP contribution >= 0.6 is 11.6 Å². The lowest BCUT2D eigenvalue weighted by atomic mass is 10.3. The first kappa shape index (κ1) is 14.6. The average Bonchev–Trinajstić information content (AvgIpc) is 2.41. The number of piperazine rings is 1. The minimum Gasteiger partial charge on any atom is -0.491 e. The molecular weight excluding hydrogens is 264 g/mol. The lowest BCUT2D eigenvalue weighted by molar-refractivity contribution is -1.00. The van der Waals surface area contributed by atoms with Gasteiger partial charge in [-0.05, 0) is 24.3 Å². The Morgan fingerprint density at radius 1 is 1.21 bits per heavy atom. The van der Waals surface area contributed by atoms with E-state index in [1.807, 2.05) is 12.1 Å². The van der Waals surface area contributed by atoms with Crippen molar-refractivity contribution in [3.63, 3.8) is 0 Å². The van der Waals surface area contributed by atoms with Crippen LogP contribution in [-0.2, 0) is 0 Å². The first-order valence-corrected chi connectivity index (χ1v) is 7.22. The lowest BCUT2D eigenvalue weighted by Crippen LogP contribution is -3.27. The van der Waals surface area contributed by atoms with Gasteiger partial charge in [0, 0.05) is 5.02 Å². The standard InChI is InChI=1S/C14H21ClN2O2/c1-16-6-8-17(9-7-16)10-13(18)11-19-14-4-2-12(15)3-5-14/h2-5,13,18H,6-11H2,1H3/p+2/t13-/m0/s1. The molecule has 0 radical (unpaired) electrons. The van der Waals surface area contributed by atoms with Gasteiger partial charge in [-0.15, -0.1) is 0 Å². The Labute approximate surface area is 119 Å². The van der Waals surface area contributed by atoms with E-state index in [-0.39, 0.29) is 0 Å². The van der Waals surface area contributed by atoms with Crippen LogP contribution in [0.5, 0.6) is 5.75 Å². The van der Waals surface area contributed by atoms with Crippen LogP contribution in [0.15, 0.2) is 24.3 Å². The first-order valence-electron chi connectivity index (χ1n) is 6.85. The highest BCUT2D eigenvalue weighted by atomic mass is 35.5. The van der Waals surface area contributed by atoms with E-state index in [2.05, 4.69) is 7.05 Å². The number of quaternary nitrogens is 2. The molecule has 0 amide bonds. The second-order valence-corrected chi connectivity index (χ2v) is 5.77. The molecule has 0 bridgehead atoms. The van der Waals surface area contributed by atoms with E-state index in [1.165, 1.54) is 18.0 Å². The van der Waals surface area contributed by atoms with Gasteiger partial charge in [0.05, 0.1) is 7.05 Å². The van der Waals surface area contributed by atoms with Gasteiger partial charge in [0.25, 0.3) is 0 Å². The molecule has 0 aliphatic carbocycles. The Morgan fingerprint density at radius 3 is 2.47 bits per heavy atom. The number of hydrogen-bond acceptors (Lipinski definition) is 2. The maximum atomic E-state index is 10.0. The average molecular weight is 287 g/mol. The van der Waals surface area contributed by atoms with Crippen molar-refractivity contribution in [1.82, 2.24) is 0 Å². The molecule has 5 heteroatoms. The Balaban J connectivity index is 1.69. The summed E-state index contributed by atoms with van der Waals surface area (Å²) in [5.74, 6) is 0.751. The first-order chi connectivity index (χ1) is 9.13. The van der Waals surface area contributed by atoms with Crippen LogP contribution in [0, 0.1) is 0 Å². The highest BCUT2D eigenvalue weighted by Crippen LogP contribution is 2.15. The number of nitrogens with one attached hydrogen (secondary N) is 2. The van der Waals surface area contributed by atoms with Gasteiger partial charge in [0.2, 0.25) is 0 Å². The van der Waals surface area contributed by atoms with Gasteiger partial charge in [-0.1, -0.05) is 11.6 Å². The monoisotopic (exact) mass is 286 g/mol. The third-order valence-electron chi connectivity index (χ3n) is 3.59. The van der Waals surface area contributed by atoms with Crippen molar-refractivity contribution in [3.8, 4) is 5.75 Å². The van der Waals surface area contributed by atoms with Crippen LogP contribution in [0.3, 0.4) is 0 Å². The molecule has 3 N–H and O–H groups in total. The van der Waals surface area contributed by atoms with Crippen LogP contribution in [0.4, 0.5) is 0 Å². The van der Waals surface area contributed by atoms with Gasteiger partial charge in [0.1, 0.15) is 51.2 Å². The third-order valence-corrected chi connectivity index (χ3v) is 3.84. The summed E-state index contributed by atoms with van der Waals surface area (Å²) < 4.78 is 5.56. The molecule has 2 rings (SSSR count). The molecule has 1 saturated heterocycles. The lowest BCUT2D eigenvalue weighted by Gasteiger charge is -2.28. The number of ether oxygens (including phenoxy) is 1. The molecule has 106 valence electrons. The number of halogens is 1. The van der Waals surface area contributed by atoms with Gasteiger partial charge in [-0.2, -0.15) is 0 Å². The fourth-order valence-electron chi connectivity index (χ4n) is 2.35. The Hall–Kier alpha value is -0.810. The predicted octanol–water partition coefficient (Wildman–Crippen LogP) is -1.51. The molecule has 0 saturated carbocycles. The zero-order chi connectivity index (χ0) is 13.7. The second-order valence-electron chi connectivity index (χ2n) is 5.33. The Bertz CT molecular complexity index is 378. The van der Waals surface area contributed by atoms with E-state index in [0.717, 1.165) is 25.4 Å². The van der Waals surface area contributed by atoms with Gasteiger partial charge in [0.15, 0.2) is 0 Å². The molecule has 1 aromatic carbocycles. The summed E-state index contributed by atoms with van der Waals surface area (Å²) in [6.45, 7) is 5.72. The van der Waals surface area contributed by atoms with Crippen molar-refractivity contribution in [2.24, 2.45) is 0 Å². The number of benzene rings is 1. The summed E-state index contributed by atoms with van der Waals surface area (Å²) in [4.78, 5) is 3.05. The molecule has 1 aliphatic heterocycles. The summed E-state index contributed by atoms with van der Waals surface area (Å²) in [5, 5.41) is 10.7. The highest BCUT2D eigenvalue weighted by Gasteiger charge is 2.22. The molecule has 1 atom stereocenters. The highest BCUT2D eigenvalue weighted by molar-refractivity contribution is 6.30. The number of rotatable bonds is 5. The van der Waals surface area contributed by atoms with Crippen molar-refractivity contribution in [1.29, 1.82) is 0 Å². The molecular formula is C14H23ClN2O2+2. The minimum absolute atomic E-state index is 0.341. The third kappa shape index (κ3) is 4.99. The van der Waals surface area contributed by atoms with Gasteiger partial charge in [-0.3, -0.25) is 0 Å². The molecule has 19 heavy (non-hydrogen) atoms. The smallest absolute Gasteiger partial charge is 0.137 e. The van der Waals surface area contributed by atoms with E-state index < -0.39 is 6.10 Å². The fourth-order valence-corrected chi connectivity index (χ4v) is 2.48. The summed E-state index contributed by atoms with van der Waals surface area (Å²) in [6.07, 6.45) is -0.413. The van der Waals surface area contributed by atoms with Gasteiger partial charge >= 0.3 is 0 Å². The van der Waals surface area contributed by atoms with Crippen molar-refractivity contribution in [3.05, 3.63) is 29.3 Å². The van der Waals surface area contributed by atoms with E-state index >= 15 is 0 Å².